The van der Waals surface area contributed by atoms with Crippen LogP contribution in [0.5, 0.6) is 0 Å². The van der Waals surface area contributed by atoms with E-state index in [1.165, 1.54) is 36.8 Å². The van der Waals surface area contributed by atoms with Crippen molar-refractivity contribution in [1.82, 2.24) is 5.32 Å². The molecular weight excluding hydrogens is 148 g/mol. The molecular formula is C10H25N2+. The van der Waals surface area contributed by atoms with Gasteiger partial charge in [0.05, 0.1) is 27.2 Å². The highest BCUT2D eigenvalue weighted by Gasteiger charge is 2.12. The van der Waals surface area contributed by atoms with Gasteiger partial charge in [0.15, 0.2) is 0 Å². The molecule has 0 bridgehead atoms. The Labute approximate surface area is 77.5 Å². The fourth-order valence-electron chi connectivity index (χ4n) is 1.38. The molecule has 0 saturated heterocycles. The number of quaternary nitrogens is 1. The molecule has 0 aromatic carbocycles. The normalized spacial score (nSPS) is 12.0. The first-order chi connectivity index (χ1) is 5.62. The van der Waals surface area contributed by atoms with E-state index in [0.29, 0.717) is 0 Å². The summed E-state index contributed by atoms with van der Waals surface area (Å²) in [6.07, 6.45) is 3.95. The van der Waals surface area contributed by atoms with Crippen molar-refractivity contribution in [2.75, 3.05) is 40.8 Å². The van der Waals surface area contributed by atoms with Crippen molar-refractivity contribution in [2.24, 2.45) is 0 Å². The quantitative estimate of drug-likeness (QED) is 0.454. The predicted octanol–water partition coefficient (Wildman–Crippen LogP) is 1.47. The van der Waals surface area contributed by atoms with Crippen molar-refractivity contribution in [3.63, 3.8) is 0 Å². The van der Waals surface area contributed by atoms with Gasteiger partial charge >= 0.3 is 0 Å². The van der Waals surface area contributed by atoms with Crippen molar-refractivity contribution in [2.45, 2.75) is 26.2 Å². The van der Waals surface area contributed by atoms with Crippen LogP contribution in [-0.4, -0.2) is 45.3 Å². The zero-order chi connectivity index (χ0) is 9.45. The van der Waals surface area contributed by atoms with Crippen molar-refractivity contribution in [3.8, 4) is 0 Å². The summed E-state index contributed by atoms with van der Waals surface area (Å²) in [5.74, 6) is 0. The maximum absolute atomic E-state index is 3.19. The maximum Gasteiger partial charge on any atom is 0.0794 e. The zero-order valence-electron chi connectivity index (χ0n) is 9.19. The highest BCUT2D eigenvalue weighted by molar-refractivity contribution is 4.41. The molecule has 0 spiro atoms. The van der Waals surface area contributed by atoms with Gasteiger partial charge in [0.2, 0.25) is 0 Å². The fourth-order valence-corrected chi connectivity index (χ4v) is 1.38. The van der Waals surface area contributed by atoms with Crippen LogP contribution < -0.4 is 5.32 Å². The van der Waals surface area contributed by atoms with Gasteiger partial charge in [0.25, 0.3) is 0 Å². The molecule has 0 unspecified atom stereocenters. The molecule has 0 aliphatic carbocycles. The van der Waals surface area contributed by atoms with Crippen LogP contribution in [0.15, 0.2) is 0 Å². The molecule has 0 aromatic heterocycles. The Kier molecular flexibility index (Phi) is 6.39. The van der Waals surface area contributed by atoms with Gasteiger partial charge in [0.1, 0.15) is 0 Å². The predicted molar refractivity (Wildman–Crippen MR) is 55.3 cm³/mol. The van der Waals surface area contributed by atoms with Gasteiger partial charge in [-0.15, -0.1) is 0 Å². The first kappa shape index (κ1) is 11.9. The summed E-state index contributed by atoms with van der Waals surface area (Å²) < 4.78 is 1.18. The molecule has 0 saturated carbocycles. The third-order valence-corrected chi connectivity index (χ3v) is 2.31. The number of unbranched alkanes of at least 4 members (excludes halogenated alkanes) is 1. The first-order valence-corrected chi connectivity index (χ1v) is 5.09. The third kappa shape index (κ3) is 6.62. The molecule has 2 heteroatoms. The minimum absolute atomic E-state index is 1.15. The summed E-state index contributed by atoms with van der Waals surface area (Å²) in [4.78, 5) is 0. The molecule has 1 N–H and O–H groups in total. The van der Waals surface area contributed by atoms with E-state index in [1.807, 2.05) is 7.05 Å². The molecule has 0 aliphatic rings. The highest BCUT2D eigenvalue weighted by atomic mass is 15.3. The van der Waals surface area contributed by atoms with Crippen molar-refractivity contribution in [1.29, 1.82) is 0 Å². The van der Waals surface area contributed by atoms with Crippen LogP contribution >= 0.6 is 0 Å². The molecule has 0 rings (SSSR count). The zero-order valence-corrected chi connectivity index (χ0v) is 9.19. The Balaban J connectivity index is 3.42. The first-order valence-electron chi connectivity index (χ1n) is 5.09. The maximum atomic E-state index is 3.19. The smallest absolute Gasteiger partial charge is 0.0794 e. The number of nitrogens with zero attached hydrogens (tertiary/aromatic N) is 1. The van der Waals surface area contributed by atoms with E-state index in [2.05, 4.69) is 26.3 Å². The van der Waals surface area contributed by atoms with Gasteiger partial charge in [-0.3, -0.25) is 0 Å². The molecule has 0 atom stereocenters. The van der Waals surface area contributed by atoms with Gasteiger partial charge in [-0.25, -0.2) is 0 Å². The number of rotatable bonds is 7. The van der Waals surface area contributed by atoms with Crippen LogP contribution in [-0.2, 0) is 0 Å². The van der Waals surface area contributed by atoms with Gasteiger partial charge in [-0.05, 0) is 13.5 Å². The molecule has 12 heavy (non-hydrogen) atoms. The van der Waals surface area contributed by atoms with E-state index >= 15 is 0 Å². The molecule has 0 radical (unpaired) electrons. The lowest BCUT2D eigenvalue weighted by molar-refractivity contribution is -0.890. The van der Waals surface area contributed by atoms with Crippen LogP contribution in [0, 0.1) is 0 Å². The summed E-state index contributed by atoms with van der Waals surface area (Å²) in [6.45, 7) is 6.02. The van der Waals surface area contributed by atoms with Gasteiger partial charge in [-0.2, -0.15) is 0 Å². The molecule has 0 aliphatic heterocycles. The van der Waals surface area contributed by atoms with Crippen molar-refractivity contribution < 1.29 is 4.48 Å². The lowest BCUT2D eigenvalue weighted by atomic mass is 10.2. The number of nitrogens with one attached hydrogen (secondary N) is 1. The van der Waals surface area contributed by atoms with Crippen LogP contribution in [0.3, 0.4) is 0 Å². The lowest BCUT2D eigenvalue weighted by Gasteiger charge is -2.29. The average Bonchev–Trinajstić information content (AvgIpc) is 2.01. The minimum atomic E-state index is 1.15. The van der Waals surface area contributed by atoms with E-state index in [9.17, 15) is 0 Å². The number of hydrogen-bond donors (Lipinski definition) is 1. The van der Waals surface area contributed by atoms with Crippen LogP contribution in [0.2, 0.25) is 0 Å². The summed E-state index contributed by atoms with van der Waals surface area (Å²) in [5, 5.41) is 3.19. The van der Waals surface area contributed by atoms with Crippen LogP contribution in [0.4, 0.5) is 0 Å². The third-order valence-electron chi connectivity index (χ3n) is 2.31. The second kappa shape index (κ2) is 6.44. The van der Waals surface area contributed by atoms with Crippen LogP contribution in [0.1, 0.15) is 26.2 Å². The summed E-state index contributed by atoms with van der Waals surface area (Å²) in [7, 11) is 6.67. The lowest BCUT2D eigenvalue weighted by Crippen LogP contribution is -2.42. The Hall–Kier alpha value is -0.0800. The standard InChI is InChI=1S/C10H25N2/c1-5-6-9-12(3,4)10-7-8-11-2/h11H,5-10H2,1-4H3/q+1. The Bertz CT molecular complexity index is 100. The van der Waals surface area contributed by atoms with E-state index in [-0.39, 0.29) is 0 Å². The second-order valence-electron chi connectivity index (χ2n) is 4.19. The van der Waals surface area contributed by atoms with Gasteiger partial charge in [0, 0.05) is 13.0 Å². The fraction of sp³-hybridized carbons (Fsp3) is 1.00. The summed E-state index contributed by atoms with van der Waals surface area (Å²) >= 11 is 0. The monoisotopic (exact) mass is 173 g/mol. The molecule has 0 fully saturated rings. The van der Waals surface area contributed by atoms with Crippen molar-refractivity contribution in [3.05, 3.63) is 0 Å². The van der Waals surface area contributed by atoms with Crippen molar-refractivity contribution >= 4 is 0 Å². The summed E-state index contributed by atoms with van der Waals surface area (Å²) in [5.41, 5.74) is 0. The Morgan fingerprint density at radius 1 is 1.08 bits per heavy atom. The molecule has 0 heterocycles. The second-order valence-corrected chi connectivity index (χ2v) is 4.19. The Morgan fingerprint density at radius 3 is 2.17 bits per heavy atom. The van der Waals surface area contributed by atoms with Gasteiger partial charge in [-0.1, -0.05) is 13.3 Å². The molecule has 74 valence electrons. The highest BCUT2D eigenvalue weighted by Crippen LogP contribution is 2.02. The molecule has 2 nitrogen and oxygen atoms in total. The van der Waals surface area contributed by atoms with E-state index in [1.54, 1.807) is 0 Å². The van der Waals surface area contributed by atoms with Gasteiger partial charge < -0.3 is 9.80 Å². The van der Waals surface area contributed by atoms with E-state index in [4.69, 9.17) is 0 Å². The van der Waals surface area contributed by atoms with E-state index in [0.717, 1.165) is 6.54 Å². The minimum Gasteiger partial charge on any atom is -0.328 e. The SMILES string of the molecule is CCCC[N+](C)(C)CCCNC. The number of hydrogen-bond acceptors (Lipinski definition) is 1. The largest absolute Gasteiger partial charge is 0.328 e. The Morgan fingerprint density at radius 2 is 1.67 bits per heavy atom. The summed E-state index contributed by atoms with van der Waals surface area (Å²) in [6, 6.07) is 0. The average molecular weight is 173 g/mol. The van der Waals surface area contributed by atoms with E-state index < -0.39 is 0 Å². The molecule has 0 amide bonds. The topological polar surface area (TPSA) is 12.0 Å². The molecule has 0 aromatic rings. The van der Waals surface area contributed by atoms with Crippen LogP contribution in [0.25, 0.3) is 0 Å².